The zero-order chi connectivity index (χ0) is 23.4. The monoisotopic (exact) mass is 459 g/mol. The minimum Gasteiger partial charge on any atom is -0.448 e. The Labute approximate surface area is 200 Å². The molecule has 1 saturated heterocycles. The first-order valence-electron chi connectivity index (χ1n) is 11.6. The van der Waals surface area contributed by atoms with Gasteiger partial charge in [0.15, 0.2) is 0 Å². The third-order valence-corrected chi connectivity index (χ3v) is 6.37. The van der Waals surface area contributed by atoms with E-state index in [4.69, 9.17) is 18.9 Å². The first-order chi connectivity index (χ1) is 16.7. The van der Waals surface area contributed by atoms with Gasteiger partial charge in [0.25, 0.3) is 0 Å². The molecule has 1 heterocycles. The maximum absolute atomic E-state index is 12.9. The Morgan fingerprint density at radius 2 is 1.50 bits per heavy atom. The van der Waals surface area contributed by atoms with E-state index >= 15 is 0 Å². The average Bonchev–Trinajstić information content (AvgIpc) is 3.46. The number of amides is 1. The highest BCUT2D eigenvalue weighted by Gasteiger charge is 2.40. The lowest BCUT2D eigenvalue weighted by atomic mass is 9.98. The van der Waals surface area contributed by atoms with Gasteiger partial charge in [-0.1, -0.05) is 78.9 Å². The summed E-state index contributed by atoms with van der Waals surface area (Å²) in [5, 5.41) is 0. The second kappa shape index (κ2) is 9.97. The second-order valence-electron chi connectivity index (χ2n) is 8.75. The number of carbonyl (C=O) groups is 1. The normalized spacial score (nSPS) is 16.1. The average molecular weight is 460 g/mol. The smallest absolute Gasteiger partial charge is 0.409 e. The van der Waals surface area contributed by atoms with Crippen LogP contribution in [-0.2, 0) is 25.6 Å². The number of fused-ring (bicyclic) bond motifs is 3. The van der Waals surface area contributed by atoms with Crippen LogP contribution >= 0.6 is 0 Å². The summed E-state index contributed by atoms with van der Waals surface area (Å²) in [6.07, 6.45) is -0.414. The highest BCUT2D eigenvalue weighted by atomic mass is 16.8. The molecule has 0 aromatic heterocycles. The van der Waals surface area contributed by atoms with Crippen LogP contribution in [0.3, 0.4) is 0 Å². The fraction of sp³-hybridized carbons (Fsp3) is 0.321. The molecule has 0 N–H and O–H groups in total. The maximum Gasteiger partial charge on any atom is 0.409 e. The van der Waals surface area contributed by atoms with E-state index in [1.165, 1.54) is 27.2 Å². The van der Waals surface area contributed by atoms with Gasteiger partial charge in [0, 0.05) is 13.0 Å². The van der Waals surface area contributed by atoms with Gasteiger partial charge < -0.3 is 23.8 Å². The quantitative estimate of drug-likeness (QED) is 0.483. The van der Waals surface area contributed by atoms with Crippen molar-refractivity contribution in [3.63, 3.8) is 0 Å². The summed E-state index contributed by atoms with van der Waals surface area (Å²) in [6, 6.07) is 26.5. The molecule has 34 heavy (non-hydrogen) atoms. The van der Waals surface area contributed by atoms with E-state index in [1.807, 2.05) is 54.6 Å². The molecule has 1 aliphatic carbocycles. The molecule has 0 saturated carbocycles. The van der Waals surface area contributed by atoms with Crippen molar-refractivity contribution in [2.75, 3.05) is 40.0 Å². The van der Waals surface area contributed by atoms with E-state index in [0.29, 0.717) is 19.8 Å². The number of benzene rings is 3. The Hall–Kier alpha value is -3.19. The Bertz CT molecular complexity index is 1080. The first-order valence-corrected chi connectivity index (χ1v) is 11.6. The van der Waals surface area contributed by atoms with Crippen molar-refractivity contribution in [3.05, 3.63) is 95.6 Å². The summed E-state index contributed by atoms with van der Waals surface area (Å²) < 4.78 is 23.4. The molecule has 3 aromatic rings. The van der Waals surface area contributed by atoms with Crippen LogP contribution in [0, 0.1) is 0 Å². The van der Waals surface area contributed by atoms with Gasteiger partial charge in [-0.3, -0.25) is 0 Å². The fourth-order valence-electron chi connectivity index (χ4n) is 4.75. The molecule has 1 amide bonds. The molecule has 0 spiro atoms. The van der Waals surface area contributed by atoms with Crippen molar-refractivity contribution < 1.29 is 23.7 Å². The van der Waals surface area contributed by atoms with Gasteiger partial charge in [-0.2, -0.15) is 0 Å². The van der Waals surface area contributed by atoms with Crippen LogP contribution in [0.1, 0.15) is 22.6 Å². The van der Waals surface area contributed by atoms with Crippen LogP contribution in [0.2, 0.25) is 0 Å². The molecule has 5 rings (SSSR count). The molecule has 0 atom stereocenters. The minimum atomic E-state index is -0.991. The first kappa shape index (κ1) is 22.6. The molecule has 2 aliphatic rings. The summed E-state index contributed by atoms with van der Waals surface area (Å²) in [4.78, 5) is 14.4. The highest BCUT2D eigenvalue weighted by molar-refractivity contribution is 5.79. The third kappa shape index (κ3) is 4.71. The third-order valence-electron chi connectivity index (χ3n) is 6.37. The number of likely N-dealkylation sites (N-methyl/N-ethyl adjacent to an activating group) is 1. The zero-order valence-corrected chi connectivity index (χ0v) is 19.3. The summed E-state index contributed by atoms with van der Waals surface area (Å²) in [6.45, 7) is 2.10. The van der Waals surface area contributed by atoms with E-state index in [1.54, 1.807) is 7.05 Å². The van der Waals surface area contributed by atoms with Crippen molar-refractivity contribution in [3.8, 4) is 11.1 Å². The number of nitrogens with zero attached hydrogens (tertiary/aromatic N) is 1. The molecule has 1 aliphatic heterocycles. The number of rotatable bonds is 8. The Kier molecular flexibility index (Phi) is 6.63. The molecule has 0 bridgehead atoms. The topological polar surface area (TPSA) is 57.2 Å². The van der Waals surface area contributed by atoms with E-state index in [0.717, 1.165) is 5.56 Å². The van der Waals surface area contributed by atoms with Gasteiger partial charge >= 0.3 is 6.09 Å². The predicted molar refractivity (Wildman–Crippen MR) is 128 cm³/mol. The van der Waals surface area contributed by atoms with Gasteiger partial charge in [0.05, 0.1) is 26.4 Å². The lowest BCUT2D eigenvalue weighted by molar-refractivity contribution is -0.201. The Morgan fingerprint density at radius 3 is 2.15 bits per heavy atom. The molecular formula is C28H29NO5. The van der Waals surface area contributed by atoms with Crippen molar-refractivity contribution >= 4 is 6.09 Å². The largest absolute Gasteiger partial charge is 0.448 e. The minimum absolute atomic E-state index is 0.0203. The van der Waals surface area contributed by atoms with Crippen molar-refractivity contribution in [2.45, 2.75) is 18.3 Å². The number of hydrogen-bond donors (Lipinski definition) is 0. The lowest BCUT2D eigenvalue weighted by Gasteiger charge is -2.31. The maximum atomic E-state index is 12.9. The van der Waals surface area contributed by atoms with Crippen molar-refractivity contribution in [1.29, 1.82) is 0 Å². The molecule has 1 fully saturated rings. The summed E-state index contributed by atoms with van der Waals surface area (Å²) in [5.41, 5.74) is 5.85. The zero-order valence-electron chi connectivity index (χ0n) is 19.3. The predicted octanol–water partition coefficient (Wildman–Crippen LogP) is 4.83. The van der Waals surface area contributed by atoms with Gasteiger partial charge in [-0.15, -0.1) is 0 Å². The number of hydrogen-bond acceptors (Lipinski definition) is 5. The van der Waals surface area contributed by atoms with Gasteiger partial charge in [0.1, 0.15) is 13.2 Å². The van der Waals surface area contributed by atoms with Crippen LogP contribution in [-0.4, -0.2) is 56.8 Å². The highest BCUT2D eigenvalue weighted by Crippen LogP contribution is 2.44. The molecule has 0 unspecified atom stereocenters. The van der Waals surface area contributed by atoms with E-state index in [2.05, 4.69) is 24.3 Å². The van der Waals surface area contributed by atoms with Gasteiger partial charge in [-0.25, -0.2) is 4.79 Å². The van der Waals surface area contributed by atoms with E-state index < -0.39 is 11.9 Å². The van der Waals surface area contributed by atoms with E-state index in [-0.39, 0.29) is 25.7 Å². The Morgan fingerprint density at radius 1 is 0.912 bits per heavy atom. The van der Waals surface area contributed by atoms with Crippen molar-refractivity contribution in [1.82, 2.24) is 4.90 Å². The molecule has 6 nitrogen and oxygen atoms in total. The lowest BCUT2D eigenvalue weighted by Crippen LogP contribution is -2.48. The summed E-state index contributed by atoms with van der Waals surface area (Å²) in [5.74, 6) is -0.971. The van der Waals surface area contributed by atoms with Crippen molar-refractivity contribution in [2.24, 2.45) is 0 Å². The fourth-order valence-corrected chi connectivity index (χ4v) is 4.75. The number of carbonyl (C=O) groups excluding carboxylic acids is 1. The summed E-state index contributed by atoms with van der Waals surface area (Å²) >= 11 is 0. The standard InChI is InChI=1S/C28H29NO5/c1-29(19-28(33-15-16-34-28)20-31-17-21-9-3-2-4-10-21)27(30)32-18-26-24-13-7-5-11-22(24)23-12-6-8-14-25(23)26/h2-14,26H,15-20H2,1H3. The van der Waals surface area contributed by atoms with Gasteiger partial charge in [0.2, 0.25) is 5.79 Å². The molecule has 3 aromatic carbocycles. The van der Waals surface area contributed by atoms with Crippen LogP contribution in [0.5, 0.6) is 0 Å². The Balaban J connectivity index is 1.19. The summed E-state index contributed by atoms with van der Waals surface area (Å²) in [7, 11) is 1.70. The van der Waals surface area contributed by atoms with Crippen LogP contribution < -0.4 is 0 Å². The molecular weight excluding hydrogens is 430 g/mol. The van der Waals surface area contributed by atoms with Gasteiger partial charge in [-0.05, 0) is 27.8 Å². The van der Waals surface area contributed by atoms with Crippen LogP contribution in [0.25, 0.3) is 11.1 Å². The molecule has 0 radical (unpaired) electrons. The van der Waals surface area contributed by atoms with Crippen LogP contribution in [0.4, 0.5) is 4.79 Å². The van der Waals surface area contributed by atoms with Crippen LogP contribution in [0.15, 0.2) is 78.9 Å². The molecule has 6 heteroatoms. The molecule has 176 valence electrons. The number of ether oxygens (including phenoxy) is 4. The SMILES string of the molecule is CN(CC1(COCc2ccccc2)OCCO1)C(=O)OCC1c2ccccc2-c2ccccc21. The second-order valence-corrected chi connectivity index (χ2v) is 8.75. The van der Waals surface area contributed by atoms with E-state index in [9.17, 15) is 4.79 Å².